The number of carbonyl (C=O) groups excluding carboxylic acids is 1. The van der Waals surface area contributed by atoms with Crippen molar-refractivity contribution in [3.05, 3.63) is 29.3 Å². The fraction of sp³-hybridized carbons (Fsp3) is 0.562. The van der Waals surface area contributed by atoms with Gasteiger partial charge in [0.15, 0.2) is 6.79 Å². The fourth-order valence-corrected chi connectivity index (χ4v) is 2.19. The van der Waals surface area contributed by atoms with Gasteiger partial charge < -0.3 is 14.8 Å². The molecule has 1 N–H and O–H groups in total. The van der Waals surface area contributed by atoms with E-state index in [0.29, 0.717) is 18.1 Å². The third kappa shape index (κ3) is 3.97. The SMILES string of the molecule is CC(C)CC[C@@H](C)NC(=O)c1ccc2c(c1)COCO2. The standard InChI is InChI=1S/C16H23NO3/c1-11(2)4-5-12(3)17-16(18)13-6-7-15-14(8-13)9-19-10-20-15/h6-8,11-12H,4-5,9-10H2,1-3H3,(H,17,18)/t12-/m1/s1. The Morgan fingerprint density at radius 2 is 2.10 bits per heavy atom. The van der Waals surface area contributed by atoms with Gasteiger partial charge in [0.1, 0.15) is 5.75 Å². The van der Waals surface area contributed by atoms with E-state index in [1.165, 1.54) is 0 Å². The summed E-state index contributed by atoms with van der Waals surface area (Å²) in [5.74, 6) is 1.43. The van der Waals surface area contributed by atoms with Crippen LogP contribution in [-0.2, 0) is 11.3 Å². The molecule has 0 saturated heterocycles. The maximum Gasteiger partial charge on any atom is 0.251 e. The predicted octanol–water partition coefficient (Wildman–Crippen LogP) is 3.11. The van der Waals surface area contributed by atoms with Crippen LogP contribution in [0.15, 0.2) is 18.2 Å². The van der Waals surface area contributed by atoms with Crippen LogP contribution in [0.4, 0.5) is 0 Å². The third-order valence-electron chi connectivity index (χ3n) is 3.43. The molecular formula is C16H23NO3. The van der Waals surface area contributed by atoms with E-state index in [1.807, 2.05) is 19.1 Å². The van der Waals surface area contributed by atoms with Gasteiger partial charge in [-0.3, -0.25) is 4.79 Å². The monoisotopic (exact) mass is 277 g/mol. The van der Waals surface area contributed by atoms with Crippen molar-refractivity contribution in [3.63, 3.8) is 0 Å². The van der Waals surface area contributed by atoms with Crippen molar-refractivity contribution < 1.29 is 14.3 Å². The molecule has 0 bridgehead atoms. The van der Waals surface area contributed by atoms with Crippen molar-refractivity contribution in [2.24, 2.45) is 5.92 Å². The van der Waals surface area contributed by atoms with Crippen molar-refractivity contribution in [1.82, 2.24) is 5.32 Å². The first-order valence-electron chi connectivity index (χ1n) is 7.20. The number of rotatable bonds is 5. The molecule has 0 radical (unpaired) electrons. The second-order valence-corrected chi connectivity index (χ2v) is 5.78. The highest BCUT2D eigenvalue weighted by atomic mass is 16.7. The minimum Gasteiger partial charge on any atom is -0.467 e. The molecular weight excluding hydrogens is 254 g/mol. The molecule has 1 aliphatic heterocycles. The van der Waals surface area contributed by atoms with Crippen molar-refractivity contribution in [2.75, 3.05) is 6.79 Å². The molecule has 20 heavy (non-hydrogen) atoms. The molecule has 1 amide bonds. The molecule has 1 aliphatic rings. The molecule has 0 spiro atoms. The molecule has 0 fully saturated rings. The normalized spacial score (nSPS) is 15.4. The molecule has 1 aromatic rings. The van der Waals surface area contributed by atoms with Crippen molar-refractivity contribution in [2.45, 2.75) is 46.3 Å². The van der Waals surface area contributed by atoms with Crippen LogP contribution >= 0.6 is 0 Å². The first-order chi connectivity index (χ1) is 9.56. The van der Waals surface area contributed by atoms with Gasteiger partial charge in [0.25, 0.3) is 5.91 Å². The quantitative estimate of drug-likeness (QED) is 0.899. The van der Waals surface area contributed by atoms with Gasteiger partial charge in [-0.15, -0.1) is 0 Å². The number of benzene rings is 1. The van der Waals surface area contributed by atoms with E-state index >= 15 is 0 Å². The Balaban J connectivity index is 1.95. The average Bonchev–Trinajstić information content (AvgIpc) is 2.44. The van der Waals surface area contributed by atoms with Crippen LogP contribution in [0.2, 0.25) is 0 Å². The summed E-state index contributed by atoms with van der Waals surface area (Å²) in [4.78, 5) is 12.2. The van der Waals surface area contributed by atoms with Gasteiger partial charge in [-0.1, -0.05) is 13.8 Å². The van der Waals surface area contributed by atoms with Crippen molar-refractivity contribution in [1.29, 1.82) is 0 Å². The summed E-state index contributed by atoms with van der Waals surface area (Å²) in [7, 11) is 0. The zero-order valence-corrected chi connectivity index (χ0v) is 12.4. The number of amides is 1. The molecule has 1 heterocycles. The topological polar surface area (TPSA) is 47.6 Å². The summed E-state index contributed by atoms with van der Waals surface area (Å²) in [5.41, 5.74) is 1.59. The minimum atomic E-state index is -0.0328. The Labute approximate surface area is 120 Å². The number of ether oxygens (including phenoxy) is 2. The lowest BCUT2D eigenvalue weighted by Gasteiger charge is -2.19. The zero-order valence-electron chi connectivity index (χ0n) is 12.4. The summed E-state index contributed by atoms with van der Waals surface area (Å²) in [6.45, 7) is 7.21. The average molecular weight is 277 g/mol. The highest BCUT2D eigenvalue weighted by Gasteiger charge is 2.15. The zero-order chi connectivity index (χ0) is 14.5. The predicted molar refractivity (Wildman–Crippen MR) is 77.7 cm³/mol. The van der Waals surface area contributed by atoms with E-state index in [0.717, 1.165) is 24.2 Å². The molecule has 0 aliphatic carbocycles. The van der Waals surface area contributed by atoms with E-state index in [9.17, 15) is 4.79 Å². The minimum absolute atomic E-state index is 0.0328. The third-order valence-corrected chi connectivity index (χ3v) is 3.43. The maximum atomic E-state index is 12.2. The van der Waals surface area contributed by atoms with Crippen LogP contribution in [0.3, 0.4) is 0 Å². The number of hydrogen-bond acceptors (Lipinski definition) is 3. The maximum absolute atomic E-state index is 12.2. The summed E-state index contributed by atoms with van der Waals surface area (Å²) in [6.07, 6.45) is 2.12. The number of fused-ring (bicyclic) bond motifs is 1. The van der Waals surface area contributed by atoms with E-state index in [4.69, 9.17) is 9.47 Å². The molecule has 1 atom stereocenters. The van der Waals surface area contributed by atoms with Crippen LogP contribution in [0.25, 0.3) is 0 Å². The van der Waals surface area contributed by atoms with E-state index in [-0.39, 0.29) is 18.7 Å². The lowest BCUT2D eigenvalue weighted by Crippen LogP contribution is -2.32. The van der Waals surface area contributed by atoms with Crippen molar-refractivity contribution in [3.8, 4) is 5.75 Å². The van der Waals surface area contributed by atoms with Crippen LogP contribution < -0.4 is 10.1 Å². The lowest BCUT2D eigenvalue weighted by molar-refractivity contribution is -0.0163. The Morgan fingerprint density at radius 1 is 1.30 bits per heavy atom. The van der Waals surface area contributed by atoms with Crippen LogP contribution in [0.5, 0.6) is 5.75 Å². The van der Waals surface area contributed by atoms with Crippen molar-refractivity contribution >= 4 is 5.91 Å². The summed E-state index contributed by atoms with van der Waals surface area (Å²) >= 11 is 0. The molecule has 0 unspecified atom stereocenters. The van der Waals surface area contributed by atoms with E-state index < -0.39 is 0 Å². The first-order valence-corrected chi connectivity index (χ1v) is 7.20. The van der Waals surface area contributed by atoms with Gasteiger partial charge in [0.2, 0.25) is 0 Å². The van der Waals surface area contributed by atoms with Gasteiger partial charge in [-0.05, 0) is 43.9 Å². The summed E-state index contributed by atoms with van der Waals surface area (Å²) < 4.78 is 10.6. The van der Waals surface area contributed by atoms with E-state index in [2.05, 4.69) is 19.2 Å². The molecule has 1 aromatic carbocycles. The summed E-state index contributed by atoms with van der Waals surface area (Å²) in [5, 5.41) is 3.04. The second-order valence-electron chi connectivity index (χ2n) is 5.78. The van der Waals surface area contributed by atoms with Gasteiger partial charge in [-0.2, -0.15) is 0 Å². The largest absolute Gasteiger partial charge is 0.467 e. The van der Waals surface area contributed by atoms with Gasteiger partial charge in [0, 0.05) is 17.2 Å². The molecule has 2 rings (SSSR count). The van der Waals surface area contributed by atoms with Gasteiger partial charge >= 0.3 is 0 Å². The number of carbonyl (C=O) groups is 1. The molecule has 4 heteroatoms. The van der Waals surface area contributed by atoms with E-state index in [1.54, 1.807) is 6.07 Å². The summed E-state index contributed by atoms with van der Waals surface area (Å²) in [6, 6.07) is 5.67. The van der Waals surface area contributed by atoms with Crippen LogP contribution in [0.1, 0.15) is 49.5 Å². The molecule has 0 aromatic heterocycles. The highest BCUT2D eigenvalue weighted by Crippen LogP contribution is 2.24. The Hall–Kier alpha value is -1.55. The lowest BCUT2D eigenvalue weighted by atomic mass is 10.0. The van der Waals surface area contributed by atoms with Gasteiger partial charge in [-0.25, -0.2) is 0 Å². The smallest absolute Gasteiger partial charge is 0.251 e. The van der Waals surface area contributed by atoms with Gasteiger partial charge in [0.05, 0.1) is 6.61 Å². The number of nitrogens with one attached hydrogen (secondary N) is 1. The molecule has 0 saturated carbocycles. The molecule has 4 nitrogen and oxygen atoms in total. The first kappa shape index (κ1) is 14.9. The Morgan fingerprint density at radius 3 is 2.85 bits per heavy atom. The number of hydrogen-bond donors (Lipinski definition) is 1. The Kier molecular flexibility index (Phi) is 5.01. The van der Waals surface area contributed by atoms with Crippen LogP contribution in [0, 0.1) is 5.92 Å². The second kappa shape index (κ2) is 6.75. The fourth-order valence-electron chi connectivity index (χ4n) is 2.19. The highest BCUT2D eigenvalue weighted by molar-refractivity contribution is 5.94. The molecule has 110 valence electrons. The van der Waals surface area contributed by atoms with Crippen LogP contribution in [-0.4, -0.2) is 18.7 Å². The Bertz CT molecular complexity index is 471.